The fourth-order valence-electron chi connectivity index (χ4n) is 6.03. The highest BCUT2D eigenvalue weighted by Crippen LogP contribution is 2.59. The average Bonchev–Trinajstić information content (AvgIpc) is 3.04. The molecule has 4 fully saturated rings. The third-order valence-corrected chi connectivity index (χ3v) is 6.68. The predicted molar refractivity (Wildman–Crippen MR) is 115 cm³/mol. The van der Waals surface area contributed by atoms with Crippen molar-refractivity contribution in [1.82, 2.24) is 25.4 Å². The van der Waals surface area contributed by atoms with Gasteiger partial charge >= 0.3 is 0 Å². The summed E-state index contributed by atoms with van der Waals surface area (Å²) in [7, 11) is 1.87. The first-order valence-electron chi connectivity index (χ1n) is 10.0. The smallest absolute Gasteiger partial charge is 0.191 e. The summed E-state index contributed by atoms with van der Waals surface area (Å²) in [5, 5.41) is 15.2. The van der Waals surface area contributed by atoms with Crippen LogP contribution in [-0.2, 0) is 13.0 Å². The van der Waals surface area contributed by atoms with E-state index >= 15 is 0 Å². The van der Waals surface area contributed by atoms with Crippen LogP contribution in [0.2, 0.25) is 0 Å². The van der Waals surface area contributed by atoms with E-state index < -0.39 is 0 Å². The molecule has 4 bridgehead atoms. The molecule has 0 atom stereocenters. The molecule has 26 heavy (non-hydrogen) atoms. The summed E-state index contributed by atoms with van der Waals surface area (Å²) in [5.41, 5.74) is 0.538. The van der Waals surface area contributed by atoms with Crippen molar-refractivity contribution in [2.75, 3.05) is 20.1 Å². The van der Waals surface area contributed by atoms with Crippen molar-refractivity contribution in [3.8, 4) is 0 Å². The molecule has 0 saturated heterocycles. The zero-order valence-electron chi connectivity index (χ0n) is 16.1. The Morgan fingerprint density at radius 1 is 1.19 bits per heavy atom. The zero-order chi connectivity index (χ0) is 17.3. The van der Waals surface area contributed by atoms with E-state index in [0.717, 1.165) is 55.6 Å². The molecule has 146 valence electrons. The SMILES string of the molecule is CCc1nncn1CCNC(=NC)NCC12CC3CC(CC(C3)C1)C2.I. The van der Waals surface area contributed by atoms with Gasteiger partial charge in [0.1, 0.15) is 12.2 Å². The molecule has 0 unspecified atom stereocenters. The molecule has 4 saturated carbocycles. The summed E-state index contributed by atoms with van der Waals surface area (Å²) in [4.78, 5) is 4.42. The maximum Gasteiger partial charge on any atom is 0.191 e. The van der Waals surface area contributed by atoms with Crippen LogP contribution in [0.25, 0.3) is 0 Å². The maximum atomic E-state index is 4.42. The van der Waals surface area contributed by atoms with E-state index in [1.165, 1.54) is 38.5 Å². The summed E-state index contributed by atoms with van der Waals surface area (Å²) >= 11 is 0. The number of aryl methyl sites for hydroxylation is 1. The molecular weight excluding hydrogens is 439 g/mol. The van der Waals surface area contributed by atoms with Crippen LogP contribution in [0.4, 0.5) is 0 Å². The van der Waals surface area contributed by atoms with Crippen LogP contribution in [-0.4, -0.2) is 40.9 Å². The van der Waals surface area contributed by atoms with Crippen molar-refractivity contribution in [2.24, 2.45) is 28.2 Å². The van der Waals surface area contributed by atoms with Gasteiger partial charge in [-0.05, 0) is 61.7 Å². The van der Waals surface area contributed by atoms with Crippen LogP contribution in [0.1, 0.15) is 51.3 Å². The molecule has 0 amide bonds. The van der Waals surface area contributed by atoms with Gasteiger partial charge in [-0.1, -0.05) is 6.92 Å². The van der Waals surface area contributed by atoms with Gasteiger partial charge in [-0.3, -0.25) is 4.99 Å². The zero-order valence-corrected chi connectivity index (χ0v) is 18.4. The maximum absolute atomic E-state index is 4.42. The number of nitrogens with one attached hydrogen (secondary N) is 2. The predicted octanol–water partition coefficient (Wildman–Crippen LogP) is 2.84. The van der Waals surface area contributed by atoms with Crippen molar-refractivity contribution < 1.29 is 0 Å². The Morgan fingerprint density at radius 3 is 2.42 bits per heavy atom. The lowest BCUT2D eigenvalue weighted by Crippen LogP contribution is -2.52. The van der Waals surface area contributed by atoms with E-state index in [1.807, 2.05) is 13.4 Å². The number of aromatic nitrogens is 3. The highest BCUT2D eigenvalue weighted by atomic mass is 127. The van der Waals surface area contributed by atoms with Crippen LogP contribution in [0.5, 0.6) is 0 Å². The number of aliphatic imine (C=N–C) groups is 1. The molecule has 5 rings (SSSR count). The van der Waals surface area contributed by atoms with Crippen LogP contribution in [0.3, 0.4) is 0 Å². The van der Waals surface area contributed by atoms with Gasteiger partial charge < -0.3 is 15.2 Å². The summed E-state index contributed by atoms with van der Waals surface area (Å²) in [6.07, 6.45) is 11.5. The molecular formula is C19H33IN6. The van der Waals surface area contributed by atoms with E-state index in [9.17, 15) is 0 Å². The van der Waals surface area contributed by atoms with Gasteiger partial charge in [0.25, 0.3) is 0 Å². The lowest BCUT2D eigenvalue weighted by atomic mass is 9.49. The number of halogens is 1. The lowest BCUT2D eigenvalue weighted by Gasteiger charge is -2.57. The Morgan fingerprint density at radius 2 is 1.85 bits per heavy atom. The van der Waals surface area contributed by atoms with E-state index in [4.69, 9.17) is 0 Å². The minimum Gasteiger partial charge on any atom is -0.356 e. The Hall–Kier alpha value is -0.860. The third-order valence-electron chi connectivity index (χ3n) is 6.68. The van der Waals surface area contributed by atoms with Crippen LogP contribution in [0.15, 0.2) is 11.3 Å². The number of hydrogen-bond acceptors (Lipinski definition) is 3. The average molecular weight is 472 g/mol. The molecule has 0 radical (unpaired) electrons. The Balaban J connectivity index is 0.00000196. The van der Waals surface area contributed by atoms with Crippen LogP contribution >= 0.6 is 24.0 Å². The molecule has 1 aromatic heterocycles. The summed E-state index contributed by atoms with van der Waals surface area (Å²) in [6.45, 7) is 4.91. The molecule has 7 heteroatoms. The van der Waals surface area contributed by atoms with Gasteiger partial charge in [-0.25, -0.2) is 0 Å². The molecule has 1 heterocycles. The van der Waals surface area contributed by atoms with Crippen molar-refractivity contribution in [1.29, 1.82) is 0 Å². The van der Waals surface area contributed by atoms with E-state index in [1.54, 1.807) is 0 Å². The standard InChI is InChI=1S/C19H32N6.HI/c1-3-17-24-23-13-25(17)5-4-21-18(20-2)22-12-19-9-14-6-15(10-19)8-16(7-14)11-19;/h13-16H,3-12H2,1-2H3,(H2,20,21,22);1H. The first-order valence-corrected chi connectivity index (χ1v) is 10.0. The highest BCUT2D eigenvalue weighted by molar-refractivity contribution is 14.0. The second-order valence-corrected chi connectivity index (χ2v) is 8.56. The molecule has 2 N–H and O–H groups in total. The molecule has 0 aliphatic heterocycles. The van der Waals surface area contributed by atoms with Crippen LogP contribution in [0, 0.1) is 23.2 Å². The Bertz CT molecular complexity index is 590. The number of guanidine groups is 1. The quantitative estimate of drug-likeness (QED) is 0.380. The molecule has 4 aliphatic carbocycles. The van der Waals surface area contributed by atoms with Gasteiger partial charge in [0.15, 0.2) is 5.96 Å². The highest BCUT2D eigenvalue weighted by Gasteiger charge is 2.50. The van der Waals surface area contributed by atoms with Crippen molar-refractivity contribution in [3.05, 3.63) is 12.2 Å². The van der Waals surface area contributed by atoms with Crippen molar-refractivity contribution in [2.45, 2.75) is 58.4 Å². The van der Waals surface area contributed by atoms with Crippen molar-refractivity contribution >= 4 is 29.9 Å². The summed E-state index contributed by atoms with van der Waals surface area (Å²) < 4.78 is 2.11. The largest absolute Gasteiger partial charge is 0.356 e. The normalized spacial score (nSPS) is 32.4. The minimum absolute atomic E-state index is 0. The molecule has 0 spiro atoms. The van der Waals surface area contributed by atoms with Gasteiger partial charge in [-0.15, -0.1) is 34.2 Å². The summed E-state index contributed by atoms with van der Waals surface area (Å²) in [6, 6.07) is 0. The van der Waals surface area contributed by atoms with E-state index in [0.29, 0.717) is 5.41 Å². The summed E-state index contributed by atoms with van der Waals surface area (Å²) in [5.74, 6) is 4.98. The lowest BCUT2D eigenvalue weighted by molar-refractivity contribution is -0.0492. The third kappa shape index (κ3) is 4.17. The molecule has 0 aromatic carbocycles. The monoisotopic (exact) mass is 472 g/mol. The van der Waals surface area contributed by atoms with Crippen molar-refractivity contribution in [3.63, 3.8) is 0 Å². The topological polar surface area (TPSA) is 67.1 Å². The van der Waals surface area contributed by atoms with Gasteiger partial charge in [-0.2, -0.15) is 0 Å². The Kier molecular flexibility index (Phi) is 6.45. The van der Waals surface area contributed by atoms with Gasteiger partial charge in [0.2, 0.25) is 0 Å². The van der Waals surface area contributed by atoms with Gasteiger partial charge in [0, 0.05) is 33.1 Å². The first-order chi connectivity index (χ1) is 12.2. The fourth-order valence-corrected chi connectivity index (χ4v) is 6.03. The molecule has 4 aliphatic rings. The Labute approximate surface area is 174 Å². The first kappa shape index (κ1) is 19.9. The number of rotatable bonds is 6. The molecule has 6 nitrogen and oxygen atoms in total. The van der Waals surface area contributed by atoms with E-state index in [-0.39, 0.29) is 24.0 Å². The fraction of sp³-hybridized carbons (Fsp3) is 0.842. The van der Waals surface area contributed by atoms with Crippen LogP contribution < -0.4 is 10.6 Å². The van der Waals surface area contributed by atoms with Gasteiger partial charge in [0.05, 0.1) is 0 Å². The number of hydrogen-bond donors (Lipinski definition) is 2. The van der Waals surface area contributed by atoms with E-state index in [2.05, 4.69) is 37.3 Å². The second kappa shape index (κ2) is 8.44. The number of nitrogens with zero attached hydrogens (tertiary/aromatic N) is 4. The molecule has 1 aromatic rings. The second-order valence-electron chi connectivity index (χ2n) is 8.56. The minimum atomic E-state index is 0.